The van der Waals surface area contributed by atoms with E-state index in [1.54, 1.807) is 0 Å². The Bertz CT molecular complexity index is 3110. The van der Waals surface area contributed by atoms with Crippen molar-refractivity contribution in [2.75, 3.05) is 0 Å². The summed E-state index contributed by atoms with van der Waals surface area (Å²) in [6.45, 7) is 0. The molecule has 0 aliphatic carbocycles. The van der Waals surface area contributed by atoms with Crippen molar-refractivity contribution in [3.63, 3.8) is 0 Å². The van der Waals surface area contributed by atoms with Crippen LogP contribution >= 0.6 is 11.3 Å². The van der Waals surface area contributed by atoms with E-state index in [1.807, 2.05) is 11.3 Å². The summed E-state index contributed by atoms with van der Waals surface area (Å²) in [6, 6.07) is 66.5. The Morgan fingerprint density at radius 1 is 0.353 bits per heavy atom. The molecule has 3 aromatic heterocycles. The molecular weight excluding hydrogens is 637 g/mol. The number of fused-ring (bicyclic) bond motifs is 10. The summed E-state index contributed by atoms with van der Waals surface area (Å²) in [5.41, 5.74) is 12.3. The molecule has 238 valence electrons. The Balaban J connectivity index is 1.37. The number of benzene rings is 8. The lowest BCUT2D eigenvalue weighted by molar-refractivity contribution is 1.18. The fraction of sp³-hybridized carbons (Fsp3) is 0. The van der Waals surface area contributed by atoms with Crippen LogP contribution in [0.2, 0.25) is 0 Å². The molecule has 0 aliphatic rings. The quantitative estimate of drug-likeness (QED) is 0.177. The van der Waals surface area contributed by atoms with Crippen LogP contribution < -0.4 is 0 Å². The van der Waals surface area contributed by atoms with Crippen LogP contribution in [-0.4, -0.2) is 9.13 Å². The van der Waals surface area contributed by atoms with Crippen LogP contribution in [0.1, 0.15) is 0 Å². The monoisotopic (exact) mass is 666 g/mol. The Kier molecular flexibility index (Phi) is 6.16. The van der Waals surface area contributed by atoms with Gasteiger partial charge in [0.15, 0.2) is 0 Å². The molecule has 3 heterocycles. The van der Waals surface area contributed by atoms with E-state index >= 15 is 0 Å². The van der Waals surface area contributed by atoms with Crippen LogP contribution in [0.15, 0.2) is 182 Å². The van der Waals surface area contributed by atoms with Gasteiger partial charge in [-0.15, -0.1) is 11.3 Å². The Morgan fingerprint density at radius 3 is 1.63 bits per heavy atom. The van der Waals surface area contributed by atoms with Gasteiger partial charge in [0, 0.05) is 64.2 Å². The van der Waals surface area contributed by atoms with Crippen molar-refractivity contribution < 1.29 is 0 Å². The maximum Gasteiger partial charge on any atom is 0.0640 e. The second-order valence-electron chi connectivity index (χ2n) is 13.3. The molecule has 0 N–H and O–H groups in total. The predicted molar refractivity (Wildman–Crippen MR) is 219 cm³/mol. The summed E-state index contributed by atoms with van der Waals surface area (Å²) in [7, 11) is 0. The maximum absolute atomic E-state index is 2.50. The van der Waals surface area contributed by atoms with Gasteiger partial charge >= 0.3 is 0 Å². The van der Waals surface area contributed by atoms with Crippen molar-refractivity contribution in [2.45, 2.75) is 0 Å². The molecule has 0 fully saturated rings. The van der Waals surface area contributed by atoms with Crippen LogP contribution in [0.3, 0.4) is 0 Å². The Hall–Kier alpha value is -6.42. The summed E-state index contributed by atoms with van der Waals surface area (Å²) in [5.74, 6) is 0. The zero-order valence-electron chi connectivity index (χ0n) is 27.6. The minimum absolute atomic E-state index is 1.17. The SMILES string of the molecule is c1ccc(-c2c(-c3ccc4c(c3)c3ccccc3n4-c3ccccc3)c3sc4ccccc4c3c3c2c2ccccc2n3-c2ccccc2)cc1. The molecule has 0 saturated heterocycles. The second-order valence-corrected chi connectivity index (χ2v) is 14.3. The van der Waals surface area contributed by atoms with Gasteiger partial charge in [-0.05, 0) is 65.7 Å². The molecule has 8 aromatic carbocycles. The molecule has 0 radical (unpaired) electrons. The van der Waals surface area contributed by atoms with Crippen molar-refractivity contribution in [3.8, 4) is 33.6 Å². The fourth-order valence-electron chi connectivity index (χ4n) is 8.42. The van der Waals surface area contributed by atoms with E-state index in [4.69, 9.17) is 0 Å². The minimum atomic E-state index is 1.17. The van der Waals surface area contributed by atoms with E-state index in [2.05, 4.69) is 191 Å². The van der Waals surface area contributed by atoms with Gasteiger partial charge in [0.05, 0.1) is 22.1 Å². The molecule has 51 heavy (non-hydrogen) atoms. The highest BCUT2D eigenvalue weighted by Gasteiger charge is 2.27. The minimum Gasteiger partial charge on any atom is -0.309 e. The van der Waals surface area contributed by atoms with Crippen LogP contribution in [0.5, 0.6) is 0 Å². The lowest BCUT2D eigenvalue weighted by Crippen LogP contribution is -1.95. The van der Waals surface area contributed by atoms with Gasteiger partial charge in [-0.25, -0.2) is 0 Å². The summed E-state index contributed by atoms with van der Waals surface area (Å²) in [5, 5.41) is 7.67. The number of thiophene rings is 1. The van der Waals surface area contributed by atoms with Crippen molar-refractivity contribution >= 4 is 75.1 Å². The molecular formula is C48H30N2S. The van der Waals surface area contributed by atoms with Crippen LogP contribution in [0.25, 0.3) is 97.4 Å². The summed E-state index contributed by atoms with van der Waals surface area (Å²) in [6.07, 6.45) is 0. The van der Waals surface area contributed by atoms with Gasteiger partial charge in [0.1, 0.15) is 0 Å². The van der Waals surface area contributed by atoms with Gasteiger partial charge in [-0.3, -0.25) is 0 Å². The lowest BCUT2D eigenvalue weighted by Gasteiger charge is -2.17. The first-order valence-electron chi connectivity index (χ1n) is 17.5. The number of rotatable bonds is 4. The van der Waals surface area contributed by atoms with E-state index in [0.29, 0.717) is 0 Å². The molecule has 0 atom stereocenters. The highest BCUT2D eigenvalue weighted by molar-refractivity contribution is 7.26. The average molecular weight is 667 g/mol. The molecule has 0 saturated carbocycles. The second kappa shape index (κ2) is 11.0. The molecule has 3 heteroatoms. The first-order chi connectivity index (χ1) is 25.3. The van der Waals surface area contributed by atoms with Gasteiger partial charge in [-0.2, -0.15) is 0 Å². The number of nitrogens with zero attached hydrogens (tertiary/aromatic N) is 2. The van der Waals surface area contributed by atoms with Crippen LogP contribution in [-0.2, 0) is 0 Å². The smallest absolute Gasteiger partial charge is 0.0640 e. The fourth-order valence-corrected chi connectivity index (χ4v) is 9.70. The molecule has 11 aromatic rings. The third-order valence-corrected chi connectivity index (χ3v) is 11.7. The van der Waals surface area contributed by atoms with Crippen molar-refractivity contribution in [1.82, 2.24) is 9.13 Å². The lowest BCUT2D eigenvalue weighted by atomic mass is 9.88. The van der Waals surface area contributed by atoms with Crippen molar-refractivity contribution in [3.05, 3.63) is 182 Å². The average Bonchev–Trinajstić information content (AvgIpc) is 3.86. The van der Waals surface area contributed by atoms with Crippen molar-refractivity contribution in [2.24, 2.45) is 0 Å². The maximum atomic E-state index is 2.50. The molecule has 0 bridgehead atoms. The molecule has 0 aliphatic heterocycles. The Labute approximate surface area is 298 Å². The zero-order valence-corrected chi connectivity index (χ0v) is 28.4. The van der Waals surface area contributed by atoms with Gasteiger partial charge in [0.2, 0.25) is 0 Å². The number of hydrogen-bond donors (Lipinski definition) is 0. The van der Waals surface area contributed by atoms with Gasteiger partial charge in [-0.1, -0.05) is 127 Å². The number of aromatic nitrogens is 2. The van der Waals surface area contributed by atoms with E-state index < -0.39 is 0 Å². The molecule has 11 rings (SSSR count). The van der Waals surface area contributed by atoms with E-state index in [9.17, 15) is 0 Å². The highest BCUT2D eigenvalue weighted by Crippen LogP contribution is 2.53. The molecule has 2 nitrogen and oxygen atoms in total. The van der Waals surface area contributed by atoms with Gasteiger partial charge in [0.25, 0.3) is 0 Å². The van der Waals surface area contributed by atoms with E-state index in [1.165, 1.54) is 97.4 Å². The third kappa shape index (κ3) is 4.10. The first-order valence-corrected chi connectivity index (χ1v) is 18.3. The highest BCUT2D eigenvalue weighted by atomic mass is 32.1. The normalized spacial score (nSPS) is 11.9. The summed E-state index contributed by atoms with van der Waals surface area (Å²) < 4.78 is 7.51. The molecule has 0 amide bonds. The van der Waals surface area contributed by atoms with E-state index in [0.717, 1.165) is 0 Å². The van der Waals surface area contributed by atoms with Gasteiger partial charge < -0.3 is 9.13 Å². The molecule has 0 spiro atoms. The Morgan fingerprint density at radius 2 is 0.902 bits per heavy atom. The number of hydrogen-bond acceptors (Lipinski definition) is 1. The predicted octanol–water partition coefficient (Wildman–Crippen LogP) is 13.6. The third-order valence-electron chi connectivity index (χ3n) is 10.5. The van der Waals surface area contributed by atoms with Crippen LogP contribution in [0.4, 0.5) is 0 Å². The first kappa shape index (κ1) is 28.4. The molecule has 0 unspecified atom stereocenters. The van der Waals surface area contributed by atoms with Crippen molar-refractivity contribution in [1.29, 1.82) is 0 Å². The topological polar surface area (TPSA) is 9.86 Å². The largest absolute Gasteiger partial charge is 0.309 e. The van der Waals surface area contributed by atoms with Crippen LogP contribution in [0, 0.1) is 0 Å². The summed E-state index contributed by atoms with van der Waals surface area (Å²) in [4.78, 5) is 0. The summed E-state index contributed by atoms with van der Waals surface area (Å²) >= 11 is 1.91. The van der Waals surface area contributed by atoms with E-state index in [-0.39, 0.29) is 0 Å². The number of para-hydroxylation sites is 4. The standard InChI is InChI=1S/C48H30N2S/c1-4-16-31(17-5-1)43-44(32-28-29-41-38(30-32)35-22-10-13-25-39(35)49(41)33-18-6-2-7-19-33)48-46(37-24-12-15-27-42(37)51-48)47-45(43)36-23-11-14-26-40(36)50(47)34-20-8-3-9-21-34/h1-30H. The zero-order chi connectivity index (χ0) is 33.5.